The van der Waals surface area contributed by atoms with Crippen LogP contribution in [0.3, 0.4) is 0 Å². The fraction of sp³-hybridized carbons (Fsp3) is 0.714. The van der Waals surface area contributed by atoms with Crippen molar-refractivity contribution in [3.63, 3.8) is 0 Å². The van der Waals surface area contributed by atoms with Crippen LogP contribution in [0.15, 0.2) is 0 Å². The van der Waals surface area contributed by atoms with Gasteiger partial charge in [0.2, 0.25) is 0 Å². The summed E-state index contributed by atoms with van der Waals surface area (Å²) in [5.74, 6) is -0.482. The Labute approximate surface area is 85.9 Å². The zero-order valence-corrected chi connectivity index (χ0v) is 7.93. The van der Waals surface area contributed by atoms with Crippen LogP contribution < -0.4 is 16.4 Å². The van der Waals surface area contributed by atoms with Crippen molar-refractivity contribution in [2.75, 3.05) is 6.61 Å². The Morgan fingerprint density at radius 1 is 1.67 bits per heavy atom. The van der Waals surface area contributed by atoms with E-state index >= 15 is 0 Å². The van der Waals surface area contributed by atoms with Crippen molar-refractivity contribution in [2.45, 2.75) is 24.9 Å². The van der Waals surface area contributed by atoms with Crippen LogP contribution in [0.4, 0.5) is 4.79 Å². The number of rotatable bonds is 2. The Kier molecular flexibility index (Phi) is 3.83. The Balaban J connectivity index is 2.35. The number of amides is 2. The van der Waals surface area contributed by atoms with Crippen molar-refractivity contribution in [3.05, 3.63) is 0 Å². The van der Waals surface area contributed by atoms with Gasteiger partial charge in [-0.2, -0.15) is 0 Å². The lowest BCUT2D eigenvalue weighted by Gasteiger charge is -2.13. The minimum absolute atomic E-state index is 0.191. The van der Waals surface area contributed by atoms with Gasteiger partial charge in [0.25, 0.3) is 0 Å². The van der Waals surface area contributed by atoms with Gasteiger partial charge in [-0.1, -0.05) is 0 Å². The molecule has 1 aliphatic heterocycles. The quantitative estimate of drug-likeness (QED) is 0.227. The van der Waals surface area contributed by atoms with Crippen molar-refractivity contribution in [2.24, 2.45) is 5.73 Å². The average Bonchev–Trinajstić information content (AvgIpc) is 2.44. The van der Waals surface area contributed by atoms with Gasteiger partial charge in [-0.25, -0.2) is 4.79 Å². The molecule has 0 aliphatic carbocycles. The topological polar surface area (TPSA) is 141 Å². The van der Waals surface area contributed by atoms with Crippen LogP contribution in [0.2, 0.25) is 0 Å². The van der Waals surface area contributed by atoms with Crippen LogP contribution in [-0.2, 0) is 4.74 Å². The number of nitrogens with one attached hydrogen (secondary N) is 3. The second-order valence-electron chi connectivity index (χ2n) is 3.16. The first-order valence-corrected chi connectivity index (χ1v) is 4.39. The van der Waals surface area contributed by atoms with E-state index in [1.165, 1.54) is 0 Å². The molecule has 3 atom stereocenters. The fourth-order valence-electron chi connectivity index (χ4n) is 1.29. The first-order valence-electron chi connectivity index (χ1n) is 4.39. The van der Waals surface area contributed by atoms with Gasteiger partial charge >= 0.3 is 6.03 Å². The van der Waals surface area contributed by atoms with E-state index in [4.69, 9.17) is 21.0 Å². The Morgan fingerprint density at radius 3 is 2.80 bits per heavy atom. The lowest BCUT2D eigenvalue weighted by Crippen LogP contribution is -2.46. The maximum Gasteiger partial charge on any atom is 0.323 e. The van der Waals surface area contributed by atoms with Gasteiger partial charge < -0.3 is 26.0 Å². The smallest absolute Gasteiger partial charge is 0.323 e. The van der Waals surface area contributed by atoms with E-state index in [0.717, 1.165) is 0 Å². The summed E-state index contributed by atoms with van der Waals surface area (Å²) in [5.41, 5.74) is 4.93. The third-order valence-electron chi connectivity index (χ3n) is 1.94. The van der Waals surface area contributed by atoms with E-state index in [1.807, 2.05) is 5.32 Å². The Morgan fingerprint density at radius 2 is 2.33 bits per heavy atom. The van der Waals surface area contributed by atoms with E-state index in [0.29, 0.717) is 0 Å². The molecule has 0 aromatic heterocycles. The first-order chi connectivity index (χ1) is 7.02. The number of urea groups is 1. The van der Waals surface area contributed by atoms with Crippen molar-refractivity contribution < 1.29 is 19.7 Å². The van der Waals surface area contributed by atoms with Gasteiger partial charge in [-0.15, -0.1) is 0 Å². The van der Waals surface area contributed by atoms with Crippen LogP contribution in [0.1, 0.15) is 6.42 Å². The first kappa shape index (κ1) is 11.7. The second kappa shape index (κ2) is 4.91. The molecule has 1 fully saturated rings. The van der Waals surface area contributed by atoms with E-state index in [-0.39, 0.29) is 13.0 Å². The molecule has 1 heterocycles. The Bertz CT molecular complexity index is 259. The normalized spacial score (nSPS) is 29.9. The minimum Gasteiger partial charge on any atom is -0.394 e. The van der Waals surface area contributed by atoms with E-state index < -0.39 is 30.4 Å². The van der Waals surface area contributed by atoms with Crippen LogP contribution in [-0.4, -0.2) is 47.2 Å². The second-order valence-corrected chi connectivity index (χ2v) is 3.16. The van der Waals surface area contributed by atoms with Crippen LogP contribution in [0.25, 0.3) is 0 Å². The largest absolute Gasteiger partial charge is 0.394 e. The highest BCUT2D eigenvalue weighted by molar-refractivity contribution is 5.93. The number of carbonyl (C=O) groups excluding carboxylic acids is 1. The van der Waals surface area contributed by atoms with E-state index in [9.17, 15) is 9.90 Å². The molecular formula is C7H14N4O4. The highest BCUT2D eigenvalue weighted by Gasteiger charge is 2.34. The molecule has 86 valence electrons. The molecule has 2 amide bonds. The van der Waals surface area contributed by atoms with Gasteiger partial charge in [-0.05, 0) is 0 Å². The summed E-state index contributed by atoms with van der Waals surface area (Å²) in [6, 6.07) is -0.682. The van der Waals surface area contributed by atoms with E-state index in [1.54, 1.807) is 0 Å². The molecule has 0 bridgehead atoms. The molecule has 15 heavy (non-hydrogen) atoms. The molecule has 8 nitrogen and oxygen atoms in total. The molecule has 0 radical (unpaired) electrons. The summed E-state index contributed by atoms with van der Waals surface area (Å²) in [7, 11) is 0. The lowest BCUT2D eigenvalue weighted by atomic mass is 10.2. The monoisotopic (exact) mass is 218 g/mol. The summed E-state index contributed by atoms with van der Waals surface area (Å²) < 4.78 is 5.09. The minimum atomic E-state index is -0.808. The number of hydrogen-bond donors (Lipinski definition) is 6. The van der Waals surface area contributed by atoms with Gasteiger partial charge in [-0.3, -0.25) is 10.7 Å². The van der Waals surface area contributed by atoms with Crippen LogP contribution >= 0.6 is 0 Å². The highest BCUT2D eigenvalue weighted by Crippen LogP contribution is 2.17. The average molecular weight is 218 g/mol. The lowest BCUT2D eigenvalue weighted by molar-refractivity contribution is -0.0271. The number of hydrogen-bond acceptors (Lipinski definition) is 5. The number of guanidine groups is 1. The molecular weight excluding hydrogens is 204 g/mol. The summed E-state index contributed by atoms with van der Waals surface area (Å²) in [4.78, 5) is 11.0. The molecule has 1 unspecified atom stereocenters. The number of aliphatic hydroxyl groups is 2. The molecule has 0 saturated carbocycles. The standard InChI is InChI=1S/C7H14N4O4/c8-6(9)11-7(14)10-5-1-3(13)4(2-12)15-5/h3-5,12-13H,1-2H2,(H5,8,9,10,11,14)/t3-,4+,5?/m0/s1. The number of nitrogens with two attached hydrogens (primary N) is 1. The number of carbonyl (C=O) groups is 1. The SMILES string of the molecule is N=C(N)NC(=O)NC1C[C@H](O)[C@@H](CO)O1. The number of aliphatic hydroxyl groups excluding tert-OH is 2. The van der Waals surface area contributed by atoms with Crippen molar-refractivity contribution in [3.8, 4) is 0 Å². The van der Waals surface area contributed by atoms with E-state index in [2.05, 4.69) is 5.32 Å². The summed E-state index contributed by atoms with van der Waals surface area (Å²) >= 11 is 0. The fourth-order valence-corrected chi connectivity index (χ4v) is 1.29. The molecule has 8 heteroatoms. The van der Waals surface area contributed by atoms with Crippen LogP contribution in [0, 0.1) is 5.41 Å². The number of ether oxygens (including phenoxy) is 1. The molecule has 1 aliphatic rings. The summed E-state index contributed by atoms with van der Waals surface area (Å²) in [5, 5.41) is 29.2. The molecule has 0 aromatic rings. The zero-order valence-electron chi connectivity index (χ0n) is 7.93. The third-order valence-corrected chi connectivity index (χ3v) is 1.94. The predicted octanol–water partition coefficient (Wildman–Crippen LogP) is -2.35. The molecule has 1 saturated heterocycles. The van der Waals surface area contributed by atoms with Crippen molar-refractivity contribution in [1.82, 2.24) is 10.6 Å². The molecule has 1 rings (SSSR count). The van der Waals surface area contributed by atoms with Gasteiger partial charge in [0.15, 0.2) is 5.96 Å². The van der Waals surface area contributed by atoms with Gasteiger partial charge in [0.05, 0.1) is 12.7 Å². The maximum atomic E-state index is 11.0. The molecule has 0 spiro atoms. The third kappa shape index (κ3) is 3.35. The summed E-state index contributed by atoms with van der Waals surface area (Å²) in [6.45, 7) is -0.312. The zero-order chi connectivity index (χ0) is 11.4. The van der Waals surface area contributed by atoms with Gasteiger partial charge in [0.1, 0.15) is 12.3 Å². The predicted molar refractivity (Wildman–Crippen MR) is 50.0 cm³/mol. The maximum absolute atomic E-state index is 11.0. The summed E-state index contributed by atoms with van der Waals surface area (Å²) in [6.07, 6.45) is -1.99. The van der Waals surface area contributed by atoms with Crippen LogP contribution in [0.5, 0.6) is 0 Å². The molecule has 7 N–H and O–H groups in total. The van der Waals surface area contributed by atoms with Gasteiger partial charge in [0, 0.05) is 6.42 Å². The Hall–Kier alpha value is -1.38. The van der Waals surface area contributed by atoms with Crippen molar-refractivity contribution in [1.29, 1.82) is 5.41 Å². The highest BCUT2D eigenvalue weighted by atomic mass is 16.5. The molecule has 0 aromatic carbocycles. The van der Waals surface area contributed by atoms with Crippen molar-refractivity contribution >= 4 is 12.0 Å².